The Morgan fingerprint density at radius 1 is 1.21 bits per heavy atom. The number of aromatic amines is 1. The van der Waals surface area contributed by atoms with Crippen molar-refractivity contribution in [3.63, 3.8) is 0 Å². The highest BCUT2D eigenvalue weighted by Crippen LogP contribution is 2.46. The fourth-order valence-electron chi connectivity index (χ4n) is 2.82. The minimum absolute atomic E-state index is 0.0303. The molecule has 0 saturated carbocycles. The number of benzene rings is 1. The summed E-state index contributed by atoms with van der Waals surface area (Å²) in [6.45, 7) is 2.80. The number of aryl methyl sites for hydroxylation is 1. The monoisotopic (exact) mass is 396 g/mol. The number of rotatable bonds is 3. The molecule has 148 valence electrons. The summed E-state index contributed by atoms with van der Waals surface area (Å²) < 4.78 is 50.5. The van der Waals surface area contributed by atoms with Gasteiger partial charge < -0.3 is 19.4 Å². The van der Waals surface area contributed by atoms with Crippen molar-refractivity contribution in [3.05, 3.63) is 41.0 Å². The van der Waals surface area contributed by atoms with Gasteiger partial charge in [-0.25, -0.2) is 4.79 Å². The molecule has 10 heteroatoms. The number of aromatic nitrogens is 2. The molecule has 0 saturated heterocycles. The topological polar surface area (TPSA) is 109 Å². The molecule has 3 aromatic rings. The maximum Gasteiger partial charge on any atom is 0.433 e. The molecule has 3 N–H and O–H groups in total. The SMILES string of the molecule is COC(=O)c1cc(-c2c(-c3ccc(O)c(C)c3O)n[nH]c2C(F)(F)F)c(C)o1. The molecule has 7 nitrogen and oxygen atoms in total. The number of hydrogen-bond donors (Lipinski definition) is 3. The Balaban J connectivity index is 2.32. The van der Waals surface area contributed by atoms with Crippen molar-refractivity contribution in [3.8, 4) is 33.9 Å². The van der Waals surface area contributed by atoms with E-state index in [0.29, 0.717) is 0 Å². The molecule has 3 rings (SSSR count). The molecule has 0 radical (unpaired) electrons. The normalized spacial score (nSPS) is 11.6. The van der Waals surface area contributed by atoms with Gasteiger partial charge in [0.1, 0.15) is 28.6 Å². The van der Waals surface area contributed by atoms with E-state index in [1.54, 1.807) is 0 Å². The van der Waals surface area contributed by atoms with E-state index in [9.17, 15) is 28.2 Å². The first-order valence-corrected chi connectivity index (χ1v) is 7.92. The first-order valence-electron chi connectivity index (χ1n) is 7.92. The summed E-state index contributed by atoms with van der Waals surface area (Å²) in [5.41, 5.74) is -1.77. The number of ether oxygens (including phenoxy) is 1. The lowest BCUT2D eigenvalue weighted by atomic mass is 9.97. The third-order valence-corrected chi connectivity index (χ3v) is 4.28. The number of aromatic hydroxyl groups is 2. The second-order valence-electron chi connectivity index (χ2n) is 6.00. The molecule has 28 heavy (non-hydrogen) atoms. The summed E-state index contributed by atoms with van der Waals surface area (Å²) >= 11 is 0. The fourth-order valence-corrected chi connectivity index (χ4v) is 2.82. The number of nitrogens with zero attached hydrogens (tertiary/aromatic N) is 1. The zero-order valence-corrected chi connectivity index (χ0v) is 14.9. The molecule has 2 heterocycles. The van der Waals surface area contributed by atoms with Crippen molar-refractivity contribution in [2.45, 2.75) is 20.0 Å². The largest absolute Gasteiger partial charge is 0.508 e. The molecule has 0 spiro atoms. The zero-order chi connectivity index (χ0) is 20.8. The van der Waals surface area contributed by atoms with Crippen LogP contribution >= 0.6 is 0 Å². The molecule has 0 bridgehead atoms. The van der Waals surface area contributed by atoms with E-state index in [2.05, 4.69) is 9.84 Å². The third-order valence-electron chi connectivity index (χ3n) is 4.28. The maximum absolute atomic E-state index is 13.6. The van der Waals surface area contributed by atoms with Crippen molar-refractivity contribution in [2.75, 3.05) is 7.11 Å². The van der Waals surface area contributed by atoms with Crippen molar-refractivity contribution < 1.29 is 37.3 Å². The van der Waals surface area contributed by atoms with Crippen LogP contribution in [-0.4, -0.2) is 33.5 Å². The van der Waals surface area contributed by atoms with E-state index in [0.717, 1.165) is 13.2 Å². The number of nitrogens with one attached hydrogen (secondary N) is 1. The van der Waals surface area contributed by atoms with Crippen LogP contribution in [-0.2, 0) is 10.9 Å². The van der Waals surface area contributed by atoms with Gasteiger partial charge in [0.25, 0.3) is 0 Å². The van der Waals surface area contributed by atoms with Crippen molar-refractivity contribution in [1.82, 2.24) is 10.2 Å². The molecule has 1 aromatic carbocycles. The number of methoxy groups -OCH3 is 1. The van der Waals surface area contributed by atoms with E-state index < -0.39 is 29.2 Å². The summed E-state index contributed by atoms with van der Waals surface area (Å²) in [6.07, 6.45) is -4.79. The molecular formula is C18H15F3N2O5. The lowest BCUT2D eigenvalue weighted by Crippen LogP contribution is -2.07. The van der Waals surface area contributed by atoms with E-state index in [1.807, 2.05) is 5.10 Å². The predicted octanol–water partition coefficient (Wildman–Crippen LogP) is 4.17. The van der Waals surface area contributed by atoms with Gasteiger partial charge in [-0.15, -0.1) is 0 Å². The van der Waals surface area contributed by atoms with Crippen LogP contribution in [0.1, 0.15) is 27.6 Å². The van der Waals surface area contributed by atoms with Crippen LogP contribution in [0.25, 0.3) is 22.4 Å². The smallest absolute Gasteiger partial charge is 0.433 e. The fraction of sp³-hybridized carbons (Fsp3) is 0.222. The Hall–Kier alpha value is -3.43. The van der Waals surface area contributed by atoms with Crippen LogP contribution in [0.2, 0.25) is 0 Å². The zero-order valence-electron chi connectivity index (χ0n) is 14.9. The average Bonchev–Trinajstić information content (AvgIpc) is 3.22. The molecule has 0 aliphatic heterocycles. The quantitative estimate of drug-likeness (QED) is 0.574. The average molecular weight is 396 g/mol. The van der Waals surface area contributed by atoms with Crippen molar-refractivity contribution in [2.24, 2.45) is 0 Å². The molecular weight excluding hydrogens is 381 g/mol. The van der Waals surface area contributed by atoms with Crippen LogP contribution in [0.15, 0.2) is 22.6 Å². The van der Waals surface area contributed by atoms with Crippen LogP contribution in [0, 0.1) is 13.8 Å². The van der Waals surface area contributed by atoms with Gasteiger partial charge in [-0.2, -0.15) is 18.3 Å². The van der Waals surface area contributed by atoms with E-state index in [1.165, 1.54) is 26.0 Å². The Morgan fingerprint density at radius 3 is 2.50 bits per heavy atom. The minimum atomic E-state index is -4.79. The van der Waals surface area contributed by atoms with Crippen molar-refractivity contribution >= 4 is 5.97 Å². The number of carbonyl (C=O) groups is 1. The Labute approximate surface area is 156 Å². The lowest BCUT2D eigenvalue weighted by molar-refractivity contribution is -0.140. The highest BCUT2D eigenvalue weighted by molar-refractivity contribution is 5.92. The highest BCUT2D eigenvalue weighted by atomic mass is 19.4. The number of esters is 1. The second kappa shape index (κ2) is 6.63. The van der Waals surface area contributed by atoms with Crippen LogP contribution < -0.4 is 0 Å². The van der Waals surface area contributed by atoms with Gasteiger partial charge in [0.15, 0.2) is 0 Å². The Bertz CT molecular complexity index is 1070. The summed E-state index contributed by atoms with van der Waals surface area (Å²) in [7, 11) is 1.11. The van der Waals surface area contributed by atoms with Gasteiger partial charge in [0.2, 0.25) is 5.76 Å². The van der Waals surface area contributed by atoms with Gasteiger partial charge >= 0.3 is 12.1 Å². The van der Waals surface area contributed by atoms with E-state index in [4.69, 9.17) is 4.42 Å². The third kappa shape index (κ3) is 3.06. The number of hydrogen-bond acceptors (Lipinski definition) is 6. The van der Waals surface area contributed by atoms with Gasteiger partial charge in [0, 0.05) is 22.3 Å². The molecule has 0 atom stereocenters. The molecule has 0 aliphatic rings. The Kier molecular flexibility index (Phi) is 4.58. The van der Waals surface area contributed by atoms with Crippen LogP contribution in [0.5, 0.6) is 11.5 Å². The molecule has 0 amide bonds. The first kappa shape index (κ1) is 19.3. The van der Waals surface area contributed by atoms with Gasteiger partial charge in [0.05, 0.1) is 7.11 Å². The lowest BCUT2D eigenvalue weighted by Gasteiger charge is -2.10. The molecule has 0 aliphatic carbocycles. The summed E-state index contributed by atoms with van der Waals surface area (Å²) in [5, 5.41) is 25.7. The number of H-pyrrole nitrogens is 1. The van der Waals surface area contributed by atoms with Gasteiger partial charge in [-0.3, -0.25) is 5.10 Å². The predicted molar refractivity (Wildman–Crippen MR) is 90.9 cm³/mol. The minimum Gasteiger partial charge on any atom is -0.508 e. The Morgan fingerprint density at radius 2 is 1.89 bits per heavy atom. The standard InChI is InChI=1S/C18H15F3N2O5/c1-7-11(24)5-4-9(15(7)25)14-13(16(23-22-14)18(19,20)21)10-6-12(17(26)27-3)28-8(10)2/h4-6,24-25H,1-3H3,(H,22,23). The summed E-state index contributed by atoms with van der Waals surface area (Å²) in [4.78, 5) is 11.7. The number of halogens is 3. The van der Waals surface area contributed by atoms with Gasteiger partial charge in [-0.05, 0) is 32.0 Å². The van der Waals surface area contributed by atoms with Crippen LogP contribution in [0.4, 0.5) is 13.2 Å². The second-order valence-corrected chi connectivity index (χ2v) is 6.00. The number of furan rings is 1. The summed E-state index contributed by atoms with van der Waals surface area (Å²) in [5.74, 6) is -1.74. The number of alkyl halides is 3. The molecule has 2 aromatic heterocycles. The van der Waals surface area contributed by atoms with Crippen LogP contribution in [0.3, 0.4) is 0 Å². The van der Waals surface area contributed by atoms with E-state index >= 15 is 0 Å². The summed E-state index contributed by atoms with van der Waals surface area (Å²) in [6, 6.07) is 3.60. The van der Waals surface area contributed by atoms with Gasteiger partial charge in [-0.1, -0.05) is 0 Å². The number of carbonyl (C=O) groups excluding carboxylic acids is 1. The maximum atomic E-state index is 13.6. The molecule has 0 fully saturated rings. The number of phenols is 2. The molecule has 0 unspecified atom stereocenters. The first-order chi connectivity index (χ1) is 13.1. The highest BCUT2D eigenvalue weighted by Gasteiger charge is 2.39. The van der Waals surface area contributed by atoms with Crippen molar-refractivity contribution in [1.29, 1.82) is 0 Å². The number of phenolic OH excluding ortho intramolecular Hbond substituents is 2. The van der Waals surface area contributed by atoms with E-state index in [-0.39, 0.29) is 39.7 Å².